The van der Waals surface area contributed by atoms with Gasteiger partial charge in [0, 0.05) is 31.0 Å². The molecule has 1 aliphatic heterocycles. The second-order valence-corrected chi connectivity index (χ2v) is 7.33. The van der Waals surface area contributed by atoms with E-state index in [9.17, 15) is 4.79 Å². The number of amides is 1. The number of hydrogen-bond acceptors (Lipinski definition) is 3. The predicted octanol–water partition coefficient (Wildman–Crippen LogP) is 3.96. The molecule has 0 unspecified atom stereocenters. The maximum Gasteiger partial charge on any atom is 0.239 e. The van der Waals surface area contributed by atoms with Crippen molar-refractivity contribution in [3.8, 4) is 0 Å². The van der Waals surface area contributed by atoms with Gasteiger partial charge in [0.05, 0.1) is 6.54 Å². The maximum atomic E-state index is 12.0. The van der Waals surface area contributed by atoms with Crippen LogP contribution in [0.5, 0.6) is 0 Å². The van der Waals surface area contributed by atoms with E-state index in [-0.39, 0.29) is 12.5 Å². The largest absolute Gasteiger partial charge is 0.376 e. The molecule has 0 aromatic heterocycles. The minimum atomic E-state index is -0.000306. The van der Waals surface area contributed by atoms with Gasteiger partial charge in [0.25, 0.3) is 0 Å². The molecule has 0 saturated carbocycles. The van der Waals surface area contributed by atoms with E-state index in [0.29, 0.717) is 6.54 Å². The van der Waals surface area contributed by atoms with E-state index in [2.05, 4.69) is 65.8 Å². The minimum absolute atomic E-state index is 0.000306. The number of piperidine rings is 1. The Morgan fingerprint density at radius 3 is 2.35 bits per heavy atom. The molecular weight excluding hydrogens is 322 g/mol. The van der Waals surface area contributed by atoms with Gasteiger partial charge in [-0.15, -0.1) is 0 Å². The summed E-state index contributed by atoms with van der Waals surface area (Å²) in [4.78, 5) is 14.5. The first kappa shape index (κ1) is 18.3. The zero-order chi connectivity index (χ0) is 18.4. The first-order chi connectivity index (χ1) is 12.6. The van der Waals surface area contributed by atoms with Crippen molar-refractivity contribution in [1.29, 1.82) is 0 Å². The van der Waals surface area contributed by atoms with Gasteiger partial charge in [-0.2, -0.15) is 0 Å². The van der Waals surface area contributed by atoms with E-state index in [1.54, 1.807) is 0 Å². The number of benzene rings is 2. The molecule has 2 N–H and O–H groups in total. The van der Waals surface area contributed by atoms with Crippen LogP contribution >= 0.6 is 0 Å². The van der Waals surface area contributed by atoms with Crippen LogP contribution in [0.3, 0.4) is 0 Å². The SMILES string of the molecule is Cc1ccc(CNC(=O)CNc2ccc(N3CCC(C)CC3)cc2)cc1. The summed E-state index contributed by atoms with van der Waals surface area (Å²) < 4.78 is 0. The van der Waals surface area contributed by atoms with Gasteiger partial charge in [-0.3, -0.25) is 4.79 Å². The lowest BCUT2D eigenvalue weighted by molar-refractivity contribution is -0.119. The summed E-state index contributed by atoms with van der Waals surface area (Å²) in [7, 11) is 0. The Hall–Kier alpha value is -2.49. The zero-order valence-electron chi connectivity index (χ0n) is 15.8. The second kappa shape index (κ2) is 8.75. The molecule has 4 nitrogen and oxygen atoms in total. The Balaban J connectivity index is 1.42. The lowest BCUT2D eigenvalue weighted by Gasteiger charge is -2.32. The topological polar surface area (TPSA) is 44.4 Å². The lowest BCUT2D eigenvalue weighted by Crippen LogP contribution is -2.32. The van der Waals surface area contributed by atoms with E-state index < -0.39 is 0 Å². The van der Waals surface area contributed by atoms with Gasteiger partial charge in [-0.1, -0.05) is 36.8 Å². The fourth-order valence-corrected chi connectivity index (χ4v) is 3.21. The van der Waals surface area contributed by atoms with E-state index >= 15 is 0 Å². The number of nitrogens with zero attached hydrogens (tertiary/aromatic N) is 1. The third-order valence-electron chi connectivity index (χ3n) is 5.08. The molecular formula is C22H29N3O. The van der Waals surface area contributed by atoms with Gasteiger partial charge in [0.15, 0.2) is 0 Å². The fraction of sp³-hybridized carbons (Fsp3) is 0.409. The van der Waals surface area contributed by atoms with Crippen molar-refractivity contribution in [3.05, 3.63) is 59.7 Å². The highest BCUT2D eigenvalue weighted by molar-refractivity contribution is 5.80. The van der Waals surface area contributed by atoms with E-state index in [1.165, 1.54) is 24.1 Å². The first-order valence-electron chi connectivity index (χ1n) is 9.51. The van der Waals surface area contributed by atoms with Crippen LogP contribution in [0.1, 0.15) is 30.9 Å². The Bertz CT molecular complexity index is 701. The molecule has 0 spiro atoms. The maximum absolute atomic E-state index is 12.0. The third kappa shape index (κ3) is 5.25. The van der Waals surface area contributed by atoms with Crippen LogP contribution in [0, 0.1) is 12.8 Å². The Morgan fingerprint density at radius 1 is 1.04 bits per heavy atom. The number of carbonyl (C=O) groups is 1. The number of nitrogens with one attached hydrogen (secondary N) is 2. The van der Waals surface area contributed by atoms with Gasteiger partial charge in [0.1, 0.15) is 0 Å². The molecule has 0 bridgehead atoms. The summed E-state index contributed by atoms with van der Waals surface area (Å²) in [6.45, 7) is 7.50. The van der Waals surface area contributed by atoms with Gasteiger partial charge in [-0.05, 0) is 55.5 Å². The number of anilines is 2. The van der Waals surface area contributed by atoms with Crippen LogP contribution in [-0.2, 0) is 11.3 Å². The predicted molar refractivity (Wildman–Crippen MR) is 109 cm³/mol. The molecule has 3 rings (SSSR count). The Morgan fingerprint density at radius 2 is 1.69 bits per heavy atom. The molecule has 1 saturated heterocycles. The molecule has 0 atom stereocenters. The standard InChI is InChI=1S/C22H29N3O/c1-17-3-5-19(6-4-17)15-24-22(26)16-23-20-7-9-21(10-8-20)25-13-11-18(2)12-14-25/h3-10,18,23H,11-16H2,1-2H3,(H,24,26). The van der Waals surface area contributed by atoms with Crippen LogP contribution in [0.4, 0.5) is 11.4 Å². The van der Waals surface area contributed by atoms with E-state index in [0.717, 1.165) is 30.3 Å². The molecule has 138 valence electrons. The molecule has 2 aromatic carbocycles. The quantitative estimate of drug-likeness (QED) is 0.828. The number of rotatable bonds is 6. The van der Waals surface area contributed by atoms with Gasteiger partial charge in [0.2, 0.25) is 5.91 Å². The van der Waals surface area contributed by atoms with Crippen LogP contribution in [0.2, 0.25) is 0 Å². The van der Waals surface area contributed by atoms with Crippen molar-refractivity contribution < 1.29 is 4.79 Å². The van der Waals surface area contributed by atoms with Crippen LogP contribution in [-0.4, -0.2) is 25.5 Å². The number of aryl methyl sites for hydroxylation is 1. The minimum Gasteiger partial charge on any atom is -0.376 e. The van der Waals surface area contributed by atoms with Crippen LogP contribution < -0.4 is 15.5 Å². The molecule has 4 heteroatoms. The molecule has 1 amide bonds. The molecule has 2 aromatic rings. The van der Waals surface area contributed by atoms with Crippen molar-refractivity contribution in [2.24, 2.45) is 5.92 Å². The summed E-state index contributed by atoms with van der Waals surface area (Å²) in [6, 6.07) is 16.6. The number of carbonyl (C=O) groups excluding carboxylic acids is 1. The lowest BCUT2D eigenvalue weighted by atomic mass is 9.99. The molecule has 26 heavy (non-hydrogen) atoms. The van der Waals surface area contributed by atoms with Crippen molar-refractivity contribution in [1.82, 2.24) is 5.32 Å². The highest BCUT2D eigenvalue weighted by Gasteiger charge is 2.15. The van der Waals surface area contributed by atoms with Gasteiger partial charge >= 0.3 is 0 Å². The van der Waals surface area contributed by atoms with Crippen LogP contribution in [0.15, 0.2) is 48.5 Å². The summed E-state index contributed by atoms with van der Waals surface area (Å²) in [5, 5.41) is 6.14. The fourth-order valence-electron chi connectivity index (χ4n) is 3.21. The van der Waals surface area contributed by atoms with Gasteiger partial charge in [-0.25, -0.2) is 0 Å². The van der Waals surface area contributed by atoms with Crippen molar-refractivity contribution >= 4 is 17.3 Å². The Labute approximate surface area is 156 Å². The molecule has 1 fully saturated rings. The van der Waals surface area contributed by atoms with E-state index in [4.69, 9.17) is 0 Å². The summed E-state index contributed by atoms with van der Waals surface area (Å²) in [5.74, 6) is 0.838. The molecule has 1 heterocycles. The molecule has 1 aliphatic rings. The van der Waals surface area contributed by atoms with Crippen LogP contribution in [0.25, 0.3) is 0 Å². The monoisotopic (exact) mass is 351 g/mol. The highest BCUT2D eigenvalue weighted by Crippen LogP contribution is 2.24. The van der Waals surface area contributed by atoms with Crippen molar-refractivity contribution in [3.63, 3.8) is 0 Å². The summed E-state index contributed by atoms with van der Waals surface area (Å²) in [6.07, 6.45) is 2.53. The van der Waals surface area contributed by atoms with Gasteiger partial charge < -0.3 is 15.5 Å². The molecule has 0 radical (unpaired) electrons. The summed E-state index contributed by atoms with van der Waals surface area (Å²) in [5.41, 5.74) is 4.59. The second-order valence-electron chi connectivity index (χ2n) is 7.33. The zero-order valence-corrected chi connectivity index (χ0v) is 15.8. The smallest absolute Gasteiger partial charge is 0.239 e. The van der Waals surface area contributed by atoms with E-state index in [1.807, 2.05) is 12.1 Å². The third-order valence-corrected chi connectivity index (χ3v) is 5.08. The van der Waals surface area contributed by atoms with Crippen molar-refractivity contribution in [2.45, 2.75) is 33.2 Å². The Kier molecular flexibility index (Phi) is 6.16. The summed E-state index contributed by atoms with van der Waals surface area (Å²) >= 11 is 0. The normalized spacial score (nSPS) is 14.9. The average Bonchev–Trinajstić information content (AvgIpc) is 2.67. The average molecular weight is 351 g/mol. The molecule has 0 aliphatic carbocycles. The highest BCUT2D eigenvalue weighted by atomic mass is 16.1. The van der Waals surface area contributed by atoms with Crippen molar-refractivity contribution in [2.75, 3.05) is 29.9 Å². The first-order valence-corrected chi connectivity index (χ1v) is 9.51. The number of hydrogen-bond donors (Lipinski definition) is 2.